The van der Waals surface area contributed by atoms with E-state index in [-0.39, 0.29) is 5.41 Å². The van der Waals surface area contributed by atoms with E-state index in [1.54, 1.807) is 0 Å². The molecule has 2 aromatic rings. The fourth-order valence-corrected chi connectivity index (χ4v) is 5.44. The predicted octanol–water partition coefficient (Wildman–Crippen LogP) is 3.60. The molecule has 0 atom stereocenters. The van der Waals surface area contributed by atoms with Crippen molar-refractivity contribution >= 4 is 46.5 Å². The van der Waals surface area contributed by atoms with E-state index in [4.69, 9.17) is 43.3 Å². The van der Waals surface area contributed by atoms with Gasteiger partial charge in [0.05, 0.1) is 13.2 Å². The molecule has 0 amide bonds. The molecular formula is C25H33ClN6O2S. The summed E-state index contributed by atoms with van der Waals surface area (Å²) in [6.07, 6.45) is 4.19. The Labute approximate surface area is 217 Å². The molecule has 0 radical (unpaired) electrons. The molecule has 188 valence electrons. The zero-order valence-corrected chi connectivity index (χ0v) is 21.5. The lowest BCUT2D eigenvalue weighted by atomic mass is 9.74. The summed E-state index contributed by atoms with van der Waals surface area (Å²) < 4.78 is 11.2. The first-order valence-electron chi connectivity index (χ1n) is 12.5. The van der Waals surface area contributed by atoms with Crippen LogP contribution in [0.15, 0.2) is 30.3 Å². The van der Waals surface area contributed by atoms with Crippen LogP contribution in [0.5, 0.6) is 0 Å². The standard InChI is InChI=1S/C25H33ClN6O2S/c26-20-5-3-4-19(16-20)25(6-12-33-13-7-25)18-27-24(35)30-23-28-21(31-8-1-2-9-31)17-22(29-23)32-10-14-34-15-11-32/h3-5,16-17H,1-2,6-15,18H2,(H2,27,28,29,30,35). The van der Waals surface area contributed by atoms with E-state index in [9.17, 15) is 0 Å². The van der Waals surface area contributed by atoms with Crippen LogP contribution in [-0.2, 0) is 14.9 Å². The van der Waals surface area contributed by atoms with Crippen molar-refractivity contribution in [2.45, 2.75) is 31.1 Å². The normalized spacial score (nSPS) is 20.0. The highest BCUT2D eigenvalue weighted by Crippen LogP contribution is 2.35. The van der Waals surface area contributed by atoms with E-state index < -0.39 is 0 Å². The smallest absolute Gasteiger partial charge is 0.232 e. The minimum atomic E-state index is -0.0912. The molecule has 0 saturated carbocycles. The highest BCUT2D eigenvalue weighted by atomic mass is 35.5. The van der Waals surface area contributed by atoms with Crippen molar-refractivity contribution in [1.82, 2.24) is 15.3 Å². The third-order valence-electron chi connectivity index (χ3n) is 7.16. The minimum absolute atomic E-state index is 0.0912. The largest absolute Gasteiger partial charge is 0.381 e. The Kier molecular flexibility index (Phi) is 7.87. The molecule has 0 spiro atoms. The maximum Gasteiger partial charge on any atom is 0.232 e. The number of nitrogens with one attached hydrogen (secondary N) is 2. The third-order valence-corrected chi connectivity index (χ3v) is 7.65. The van der Waals surface area contributed by atoms with Crippen molar-refractivity contribution in [3.63, 3.8) is 0 Å². The van der Waals surface area contributed by atoms with E-state index in [1.807, 2.05) is 12.1 Å². The van der Waals surface area contributed by atoms with Crippen molar-refractivity contribution in [2.75, 3.05) is 74.3 Å². The summed E-state index contributed by atoms with van der Waals surface area (Å²) in [5, 5.41) is 7.97. The molecule has 1 aromatic carbocycles. The quantitative estimate of drug-likeness (QED) is 0.560. The number of thiocarbonyl (C=S) groups is 1. The lowest BCUT2D eigenvalue weighted by Crippen LogP contribution is -2.45. The third kappa shape index (κ3) is 5.97. The molecule has 5 rings (SSSR count). The van der Waals surface area contributed by atoms with Gasteiger partial charge in [-0.1, -0.05) is 23.7 Å². The number of ether oxygens (including phenoxy) is 2. The fourth-order valence-electron chi connectivity index (χ4n) is 5.08. The van der Waals surface area contributed by atoms with Crippen LogP contribution in [0.25, 0.3) is 0 Å². The lowest BCUT2D eigenvalue weighted by molar-refractivity contribution is 0.0515. The monoisotopic (exact) mass is 516 g/mol. The van der Waals surface area contributed by atoms with Crippen LogP contribution in [0.2, 0.25) is 5.02 Å². The number of nitrogens with zero attached hydrogens (tertiary/aromatic N) is 4. The summed E-state index contributed by atoms with van der Waals surface area (Å²) in [4.78, 5) is 14.2. The number of hydrogen-bond donors (Lipinski definition) is 2. The van der Waals surface area contributed by atoms with E-state index in [0.29, 0.717) is 30.8 Å². The van der Waals surface area contributed by atoms with Gasteiger partial charge >= 0.3 is 0 Å². The summed E-state index contributed by atoms with van der Waals surface area (Å²) in [5.41, 5.74) is 1.12. The molecule has 3 aliphatic heterocycles. The van der Waals surface area contributed by atoms with Crippen molar-refractivity contribution in [3.8, 4) is 0 Å². The first-order chi connectivity index (χ1) is 17.1. The summed E-state index contributed by atoms with van der Waals surface area (Å²) >= 11 is 12.0. The summed E-state index contributed by atoms with van der Waals surface area (Å²) in [6, 6.07) is 10.2. The second kappa shape index (κ2) is 11.2. The number of rotatable bonds is 6. The van der Waals surface area contributed by atoms with Gasteiger partial charge < -0.3 is 29.9 Å². The lowest BCUT2D eigenvalue weighted by Gasteiger charge is -2.38. The van der Waals surface area contributed by atoms with Gasteiger partial charge in [-0.2, -0.15) is 9.97 Å². The van der Waals surface area contributed by atoms with Crippen molar-refractivity contribution < 1.29 is 9.47 Å². The molecule has 35 heavy (non-hydrogen) atoms. The first kappa shape index (κ1) is 24.5. The molecule has 8 nitrogen and oxygen atoms in total. The zero-order chi connectivity index (χ0) is 24.1. The number of halogens is 1. The molecule has 2 N–H and O–H groups in total. The summed E-state index contributed by atoms with van der Waals surface area (Å²) in [5.74, 6) is 2.39. The van der Waals surface area contributed by atoms with E-state index in [2.05, 4.69) is 38.6 Å². The van der Waals surface area contributed by atoms with Crippen LogP contribution in [0.1, 0.15) is 31.2 Å². The molecule has 0 aliphatic carbocycles. The summed E-state index contributed by atoms with van der Waals surface area (Å²) in [6.45, 7) is 7.23. The molecule has 3 aliphatic rings. The molecule has 1 aromatic heterocycles. The topological polar surface area (TPSA) is 74.8 Å². The first-order valence-corrected chi connectivity index (χ1v) is 13.3. The molecule has 4 heterocycles. The van der Waals surface area contributed by atoms with Crippen molar-refractivity contribution in [1.29, 1.82) is 0 Å². The molecular weight excluding hydrogens is 484 g/mol. The molecule has 0 unspecified atom stereocenters. The second-order valence-corrected chi connectivity index (χ2v) is 10.3. The number of hydrogen-bond acceptors (Lipinski definition) is 7. The van der Waals surface area contributed by atoms with Gasteiger partial charge in [0.1, 0.15) is 11.6 Å². The van der Waals surface area contributed by atoms with Crippen LogP contribution >= 0.6 is 23.8 Å². The van der Waals surface area contributed by atoms with Crippen LogP contribution in [0.3, 0.4) is 0 Å². The fraction of sp³-hybridized carbons (Fsp3) is 0.560. The maximum absolute atomic E-state index is 6.32. The number of morpholine rings is 1. The predicted molar refractivity (Wildman–Crippen MR) is 144 cm³/mol. The van der Waals surface area contributed by atoms with Gasteiger partial charge in [-0.3, -0.25) is 0 Å². The van der Waals surface area contributed by atoms with Gasteiger partial charge in [-0.05, 0) is 55.6 Å². The van der Waals surface area contributed by atoms with E-state index in [1.165, 1.54) is 18.4 Å². The van der Waals surface area contributed by atoms with Crippen LogP contribution < -0.4 is 20.4 Å². The number of aromatic nitrogens is 2. The molecule has 0 bridgehead atoms. The maximum atomic E-state index is 6.32. The molecule has 3 saturated heterocycles. The Balaban J connectivity index is 1.31. The zero-order valence-electron chi connectivity index (χ0n) is 20.0. The average molecular weight is 517 g/mol. The van der Waals surface area contributed by atoms with Gasteiger partial charge in [0.25, 0.3) is 0 Å². The van der Waals surface area contributed by atoms with Gasteiger partial charge in [0.15, 0.2) is 5.11 Å². The number of anilines is 3. The van der Waals surface area contributed by atoms with Crippen LogP contribution in [0.4, 0.5) is 17.6 Å². The molecule has 10 heteroatoms. The average Bonchev–Trinajstić information content (AvgIpc) is 3.44. The van der Waals surface area contributed by atoms with Crippen molar-refractivity contribution in [3.05, 3.63) is 40.9 Å². The Morgan fingerprint density at radius 1 is 0.943 bits per heavy atom. The van der Waals surface area contributed by atoms with E-state index in [0.717, 1.165) is 68.9 Å². The Bertz CT molecular complexity index is 1020. The second-order valence-electron chi connectivity index (χ2n) is 9.41. The summed E-state index contributed by atoms with van der Waals surface area (Å²) in [7, 11) is 0. The van der Waals surface area contributed by atoms with Gasteiger partial charge in [0.2, 0.25) is 5.95 Å². The van der Waals surface area contributed by atoms with Crippen molar-refractivity contribution in [2.24, 2.45) is 0 Å². The van der Waals surface area contributed by atoms with Crippen LogP contribution in [-0.4, -0.2) is 74.2 Å². The SMILES string of the molecule is S=C(NCC1(c2cccc(Cl)c2)CCOCC1)Nc1nc(N2CCCC2)cc(N2CCOCC2)n1. The van der Waals surface area contributed by atoms with Gasteiger partial charge in [0, 0.05) is 62.4 Å². The van der Waals surface area contributed by atoms with E-state index >= 15 is 0 Å². The Hall–Kier alpha value is -2.20. The number of benzene rings is 1. The minimum Gasteiger partial charge on any atom is -0.381 e. The highest BCUT2D eigenvalue weighted by Gasteiger charge is 2.35. The molecule has 3 fully saturated rings. The Morgan fingerprint density at radius 3 is 2.29 bits per heavy atom. The van der Waals surface area contributed by atoms with Crippen LogP contribution in [0, 0.1) is 0 Å². The highest BCUT2D eigenvalue weighted by molar-refractivity contribution is 7.80. The Morgan fingerprint density at radius 2 is 1.60 bits per heavy atom. The van der Waals surface area contributed by atoms with Gasteiger partial charge in [-0.15, -0.1) is 0 Å². The van der Waals surface area contributed by atoms with Gasteiger partial charge in [-0.25, -0.2) is 0 Å².